The second kappa shape index (κ2) is 4.43. The van der Waals surface area contributed by atoms with Gasteiger partial charge in [-0.15, -0.1) is 0 Å². The minimum absolute atomic E-state index is 0.675. The average molecular weight is 242 g/mol. The number of likely N-dealkylation sites (N-methyl/N-ethyl adjacent to an activating group) is 1. The molecule has 1 aliphatic carbocycles. The topological polar surface area (TPSA) is 27.8 Å². The van der Waals surface area contributed by atoms with E-state index in [1.165, 1.54) is 47.0 Å². The number of aromatic amines is 1. The fourth-order valence-corrected chi connectivity index (χ4v) is 3.57. The van der Waals surface area contributed by atoms with Gasteiger partial charge in [-0.3, -0.25) is 0 Å². The lowest BCUT2D eigenvalue weighted by Gasteiger charge is -2.23. The van der Waals surface area contributed by atoms with E-state index in [-0.39, 0.29) is 0 Å². The van der Waals surface area contributed by atoms with Gasteiger partial charge in [0.2, 0.25) is 0 Å². The van der Waals surface area contributed by atoms with E-state index in [0.29, 0.717) is 5.92 Å². The summed E-state index contributed by atoms with van der Waals surface area (Å²) in [5.74, 6) is 0.675. The maximum Gasteiger partial charge on any atom is 0.0464 e. The number of fused-ring (bicyclic) bond motifs is 3. The molecule has 1 aliphatic rings. The molecule has 0 aliphatic heterocycles. The van der Waals surface area contributed by atoms with Gasteiger partial charge in [-0.05, 0) is 68.8 Å². The summed E-state index contributed by atoms with van der Waals surface area (Å²) in [5.41, 5.74) is 7.17. The Morgan fingerprint density at radius 3 is 2.94 bits per heavy atom. The first-order valence-corrected chi connectivity index (χ1v) is 6.97. The first-order chi connectivity index (χ1) is 8.70. The molecule has 1 unspecified atom stereocenters. The monoisotopic (exact) mass is 242 g/mol. The van der Waals surface area contributed by atoms with Crippen LogP contribution in [0.25, 0.3) is 10.9 Å². The molecular weight excluding hydrogens is 220 g/mol. The number of aromatic nitrogens is 1. The van der Waals surface area contributed by atoms with Crippen molar-refractivity contribution in [3.05, 3.63) is 34.5 Å². The summed E-state index contributed by atoms with van der Waals surface area (Å²) in [7, 11) is 2.06. The van der Waals surface area contributed by atoms with Crippen LogP contribution in [0.4, 0.5) is 0 Å². The molecule has 1 atom stereocenters. The lowest BCUT2D eigenvalue weighted by Crippen LogP contribution is -2.20. The zero-order valence-electron chi connectivity index (χ0n) is 11.6. The van der Waals surface area contributed by atoms with Crippen molar-refractivity contribution in [1.82, 2.24) is 10.3 Å². The molecule has 18 heavy (non-hydrogen) atoms. The average Bonchev–Trinajstić information content (AvgIpc) is 2.68. The number of hydrogen-bond acceptors (Lipinski definition) is 1. The third-order valence-electron chi connectivity index (χ3n) is 4.20. The second-order valence-corrected chi connectivity index (χ2v) is 5.67. The Hall–Kier alpha value is -1.28. The molecule has 96 valence electrons. The van der Waals surface area contributed by atoms with E-state index in [0.717, 1.165) is 6.54 Å². The van der Waals surface area contributed by atoms with E-state index in [2.05, 4.69) is 43.3 Å². The molecule has 2 N–H and O–H groups in total. The van der Waals surface area contributed by atoms with E-state index in [1.807, 2.05) is 0 Å². The molecule has 0 spiro atoms. The van der Waals surface area contributed by atoms with E-state index < -0.39 is 0 Å². The highest BCUT2D eigenvalue weighted by molar-refractivity contribution is 5.89. The predicted molar refractivity (Wildman–Crippen MR) is 77.4 cm³/mol. The molecule has 0 saturated carbocycles. The van der Waals surface area contributed by atoms with Crippen LogP contribution in [0.2, 0.25) is 0 Å². The van der Waals surface area contributed by atoms with Gasteiger partial charge in [-0.2, -0.15) is 0 Å². The number of hydrogen-bond donors (Lipinski definition) is 2. The van der Waals surface area contributed by atoms with Gasteiger partial charge in [-0.25, -0.2) is 0 Å². The molecule has 2 aromatic rings. The van der Waals surface area contributed by atoms with Gasteiger partial charge in [0.1, 0.15) is 0 Å². The largest absolute Gasteiger partial charge is 0.358 e. The number of aryl methyl sites for hydroxylation is 3. The summed E-state index contributed by atoms with van der Waals surface area (Å²) in [6, 6.07) is 4.60. The smallest absolute Gasteiger partial charge is 0.0464 e. The number of rotatable bonds is 2. The summed E-state index contributed by atoms with van der Waals surface area (Å²) >= 11 is 0. The number of nitrogens with one attached hydrogen (secondary N) is 2. The van der Waals surface area contributed by atoms with E-state index >= 15 is 0 Å². The normalized spacial score (nSPS) is 19.2. The van der Waals surface area contributed by atoms with Crippen LogP contribution < -0.4 is 5.32 Å². The number of benzene rings is 1. The Bertz CT molecular complexity index is 580. The van der Waals surface area contributed by atoms with Crippen molar-refractivity contribution in [1.29, 1.82) is 0 Å². The zero-order valence-corrected chi connectivity index (χ0v) is 11.6. The van der Waals surface area contributed by atoms with Crippen LogP contribution in [-0.2, 0) is 6.42 Å². The lowest BCUT2D eigenvalue weighted by atomic mass is 9.84. The highest BCUT2D eigenvalue weighted by Crippen LogP contribution is 2.38. The van der Waals surface area contributed by atoms with Crippen LogP contribution in [0.5, 0.6) is 0 Å². The van der Waals surface area contributed by atoms with Gasteiger partial charge in [0.25, 0.3) is 0 Å². The summed E-state index contributed by atoms with van der Waals surface area (Å²) < 4.78 is 0. The van der Waals surface area contributed by atoms with E-state index in [4.69, 9.17) is 0 Å². The molecule has 1 heterocycles. The molecule has 0 saturated heterocycles. The third-order valence-corrected chi connectivity index (χ3v) is 4.20. The van der Waals surface area contributed by atoms with Crippen LogP contribution in [0.3, 0.4) is 0 Å². The lowest BCUT2D eigenvalue weighted by molar-refractivity contribution is 0.529. The summed E-state index contributed by atoms with van der Waals surface area (Å²) in [6.07, 6.45) is 3.83. The highest BCUT2D eigenvalue weighted by Gasteiger charge is 2.24. The fraction of sp³-hybridized carbons (Fsp3) is 0.500. The fourth-order valence-electron chi connectivity index (χ4n) is 3.57. The molecule has 3 rings (SSSR count). The van der Waals surface area contributed by atoms with Crippen LogP contribution in [0.15, 0.2) is 12.1 Å². The Morgan fingerprint density at radius 2 is 2.17 bits per heavy atom. The molecule has 2 nitrogen and oxygen atoms in total. The standard InChI is InChI=1S/C16H22N2/c1-10-7-11(2)15-14(8-10)18-13-6-4-5-12(9-17-3)16(13)15/h7-8,12,17-18H,4-6,9H2,1-3H3. The third kappa shape index (κ3) is 1.76. The van der Waals surface area contributed by atoms with Crippen molar-refractivity contribution in [2.45, 2.75) is 39.0 Å². The first-order valence-electron chi connectivity index (χ1n) is 6.97. The summed E-state index contributed by atoms with van der Waals surface area (Å²) in [4.78, 5) is 3.66. The summed E-state index contributed by atoms with van der Waals surface area (Å²) in [6.45, 7) is 5.51. The van der Waals surface area contributed by atoms with Crippen LogP contribution in [-0.4, -0.2) is 18.6 Å². The van der Waals surface area contributed by atoms with E-state index in [9.17, 15) is 0 Å². The maximum atomic E-state index is 3.66. The van der Waals surface area contributed by atoms with Crippen molar-refractivity contribution in [2.24, 2.45) is 0 Å². The quantitative estimate of drug-likeness (QED) is 0.829. The van der Waals surface area contributed by atoms with Crippen molar-refractivity contribution in [2.75, 3.05) is 13.6 Å². The van der Waals surface area contributed by atoms with Gasteiger partial charge in [0.15, 0.2) is 0 Å². The minimum atomic E-state index is 0.675. The molecule has 1 aromatic carbocycles. The van der Waals surface area contributed by atoms with Gasteiger partial charge in [0, 0.05) is 23.1 Å². The second-order valence-electron chi connectivity index (χ2n) is 5.67. The molecule has 0 bridgehead atoms. The van der Waals surface area contributed by atoms with E-state index in [1.54, 1.807) is 5.56 Å². The molecule has 1 aromatic heterocycles. The molecule has 0 amide bonds. The Morgan fingerprint density at radius 1 is 1.33 bits per heavy atom. The highest BCUT2D eigenvalue weighted by atomic mass is 14.8. The minimum Gasteiger partial charge on any atom is -0.358 e. The van der Waals surface area contributed by atoms with Crippen LogP contribution >= 0.6 is 0 Å². The maximum absolute atomic E-state index is 3.66. The van der Waals surface area contributed by atoms with Gasteiger partial charge in [-0.1, -0.05) is 6.07 Å². The Balaban J connectivity index is 2.24. The zero-order chi connectivity index (χ0) is 12.7. The molecular formula is C16H22N2. The number of H-pyrrole nitrogens is 1. The predicted octanol–water partition coefficient (Wildman–Crippen LogP) is 3.42. The van der Waals surface area contributed by atoms with Crippen LogP contribution in [0.1, 0.15) is 41.1 Å². The summed E-state index contributed by atoms with van der Waals surface area (Å²) in [5, 5.41) is 4.83. The molecule has 2 heteroatoms. The van der Waals surface area contributed by atoms with Crippen molar-refractivity contribution in [3.8, 4) is 0 Å². The Labute approximate surface area is 109 Å². The van der Waals surface area contributed by atoms with Gasteiger partial charge in [0.05, 0.1) is 0 Å². The van der Waals surface area contributed by atoms with Crippen LogP contribution in [0, 0.1) is 13.8 Å². The molecule has 0 radical (unpaired) electrons. The first kappa shape index (κ1) is 11.8. The SMILES string of the molecule is CNCC1CCCc2[nH]c3cc(C)cc(C)c3c21. The van der Waals surface area contributed by atoms with Crippen molar-refractivity contribution < 1.29 is 0 Å². The Kier molecular flexibility index (Phi) is 2.90. The molecule has 0 fully saturated rings. The van der Waals surface area contributed by atoms with Crippen molar-refractivity contribution >= 4 is 10.9 Å². The van der Waals surface area contributed by atoms with Gasteiger partial charge < -0.3 is 10.3 Å². The van der Waals surface area contributed by atoms with Gasteiger partial charge >= 0.3 is 0 Å². The van der Waals surface area contributed by atoms with Crippen molar-refractivity contribution in [3.63, 3.8) is 0 Å².